The monoisotopic (exact) mass is 283 g/mol. The summed E-state index contributed by atoms with van der Waals surface area (Å²) in [6.45, 7) is 7.34. The Hall–Kier alpha value is -1.22. The standard InChI is InChI=1S/C15H22ClNO2/c1-11(2)8-9-17(10-12(3)15(18)19)14-7-5-4-6-13(14)16/h4-7,11-12H,8-10H2,1-3H3,(H,18,19). The maximum atomic E-state index is 11.0. The maximum absolute atomic E-state index is 11.0. The molecule has 0 saturated heterocycles. The molecule has 19 heavy (non-hydrogen) atoms. The fraction of sp³-hybridized carbons (Fsp3) is 0.533. The lowest BCUT2D eigenvalue weighted by Crippen LogP contribution is -2.33. The second-order valence-corrected chi connectivity index (χ2v) is 5.73. The van der Waals surface area contributed by atoms with Crippen LogP contribution in [0, 0.1) is 11.8 Å². The Morgan fingerprint density at radius 1 is 1.32 bits per heavy atom. The molecule has 1 unspecified atom stereocenters. The predicted octanol–water partition coefficient (Wildman–Crippen LogP) is 3.91. The molecule has 4 heteroatoms. The fourth-order valence-electron chi connectivity index (χ4n) is 1.84. The molecule has 0 spiro atoms. The van der Waals surface area contributed by atoms with Crippen LogP contribution in [0.3, 0.4) is 0 Å². The van der Waals surface area contributed by atoms with Crippen molar-refractivity contribution in [3.05, 3.63) is 29.3 Å². The minimum atomic E-state index is -0.776. The van der Waals surface area contributed by atoms with Gasteiger partial charge in [-0.25, -0.2) is 0 Å². The quantitative estimate of drug-likeness (QED) is 0.825. The minimum Gasteiger partial charge on any atom is -0.481 e. The molecule has 0 aliphatic rings. The highest BCUT2D eigenvalue weighted by Gasteiger charge is 2.18. The van der Waals surface area contributed by atoms with E-state index in [9.17, 15) is 4.79 Å². The fourth-order valence-corrected chi connectivity index (χ4v) is 2.10. The summed E-state index contributed by atoms with van der Waals surface area (Å²) in [6.07, 6.45) is 1.01. The van der Waals surface area contributed by atoms with Crippen LogP contribution in [0.4, 0.5) is 5.69 Å². The Balaban J connectivity index is 2.85. The number of carbonyl (C=O) groups is 1. The number of nitrogens with zero attached hydrogens (tertiary/aromatic N) is 1. The topological polar surface area (TPSA) is 40.5 Å². The van der Waals surface area contributed by atoms with Gasteiger partial charge >= 0.3 is 5.97 Å². The first-order valence-corrected chi connectivity index (χ1v) is 7.02. The Morgan fingerprint density at radius 3 is 2.47 bits per heavy atom. The van der Waals surface area contributed by atoms with E-state index in [4.69, 9.17) is 16.7 Å². The summed E-state index contributed by atoms with van der Waals surface area (Å²) in [5.41, 5.74) is 0.915. The van der Waals surface area contributed by atoms with E-state index in [2.05, 4.69) is 18.7 Å². The van der Waals surface area contributed by atoms with Crippen LogP contribution in [0.15, 0.2) is 24.3 Å². The second kappa shape index (κ2) is 7.39. The van der Waals surface area contributed by atoms with Crippen molar-refractivity contribution in [2.24, 2.45) is 11.8 Å². The SMILES string of the molecule is CC(C)CCN(CC(C)C(=O)O)c1ccccc1Cl. The lowest BCUT2D eigenvalue weighted by molar-refractivity contribution is -0.140. The molecule has 1 atom stereocenters. The van der Waals surface area contributed by atoms with Crippen LogP contribution < -0.4 is 4.90 Å². The van der Waals surface area contributed by atoms with E-state index in [-0.39, 0.29) is 0 Å². The van der Waals surface area contributed by atoms with Crippen molar-refractivity contribution in [3.8, 4) is 0 Å². The van der Waals surface area contributed by atoms with Crippen LogP contribution in [0.5, 0.6) is 0 Å². The van der Waals surface area contributed by atoms with E-state index in [0.717, 1.165) is 18.7 Å². The average molecular weight is 284 g/mol. The zero-order valence-electron chi connectivity index (χ0n) is 11.8. The van der Waals surface area contributed by atoms with Crippen LogP contribution >= 0.6 is 11.6 Å². The zero-order valence-corrected chi connectivity index (χ0v) is 12.5. The van der Waals surface area contributed by atoms with E-state index >= 15 is 0 Å². The van der Waals surface area contributed by atoms with Gasteiger partial charge in [-0.15, -0.1) is 0 Å². The molecule has 0 radical (unpaired) electrons. The largest absolute Gasteiger partial charge is 0.481 e. The molecule has 0 fully saturated rings. The van der Waals surface area contributed by atoms with E-state index in [1.165, 1.54) is 0 Å². The number of para-hydroxylation sites is 1. The summed E-state index contributed by atoms with van der Waals surface area (Å²) in [4.78, 5) is 13.1. The summed E-state index contributed by atoms with van der Waals surface area (Å²) in [5, 5.41) is 9.74. The third-order valence-corrected chi connectivity index (χ3v) is 3.40. The molecule has 0 aromatic heterocycles. The molecule has 1 aromatic carbocycles. The second-order valence-electron chi connectivity index (χ2n) is 5.32. The predicted molar refractivity (Wildman–Crippen MR) is 79.9 cm³/mol. The number of hydrogen-bond donors (Lipinski definition) is 1. The zero-order chi connectivity index (χ0) is 14.4. The molecule has 0 saturated carbocycles. The molecule has 106 valence electrons. The van der Waals surface area contributed by atoms with Crippen LogP contribution in [-0.4, -0.2) is 24.2 Å². The molecular weight excluding hydrogens is 262 g/mol. The molecule has 1 N–H and O–H groups in total. The molecule has 0 aliphatic carbocycles. The summed E-state index contributed by atoms with van der Waals surface area (Å²) in [6, 6.07) is 7.59. The van der Waals surface area contributed by atoms with Crippen LogP contribution in [0.25, 0.3) is 0 Å². The normalized spacial score (nSPS) is 12.5. The van der Waals surface area contributed by atoms with Gasteiger partial charge in [0.15, 0.2) is 0 Å². The van der Waals surface area contributed by atoms with Crippen molar-refractivity contribution < 1.29 is 9.90 Å². The number of carboxylic acid groups (broad SMARTS) is 1. The Labute approximate surface area is 120 Å². The maximum Gasteiger partial charge on any atom is 0.308 e. The molecule has 1 rings (SSSR count). The van der Waals surface area contributed by atoms with E-state index < -0.39 is 11.9 Å². The van der Waals surface area contributed by atoms with E-state index in [1.807, 2.05) is 24.3 Å². The van der Waals surface area contributed by atoms with Gasteiger partial charge in [-0.3, -0.25) is 4.79 Å². The summed E-state index contributed by atoms with van der Waals surface area (Å²) < 4.78 is 0. The van der Waals surface area contributed by atoms with Crippen LogP contribution in [0.1, 0.15) is 27.2 Å². The highest BCUT2D eigenvalue weighted by Crippen LogP contribution is 2.26. The summed E-state index contributed by atoms with van der Waals surface area (Å²) in [5.74, 6) is -0.616. The van der Waals surface area contributed by atoms with Crippen molar-refractivity contribution in [3.63, 3.8) is 0 Å². The number of benzene rings is 1. The molecule has 0 amide bonds. The Kier molecular flexibility index (Phi) is 6.16. The average Bonchev–Trinajstić information content (AvgIpc) is 2.34. The highest BCUT2D eigenvalue weighted by atomic mass is 35.5. The number of rotatable bonds is 7. The van der Waals surface area contributed by atoms with Crippen molar-refractivity contribution >= 4 is 23.3 Å². The van der Waals surface area contributed by atoms with Gasteiger partial charge in [-0.1, -0.05) is 44.5 Å². The van der Waals surface area contributed by atoms with Crippen LogP contribution in [0.2, 0.25) is 5.02 Å². The summed E-state index contributed by atoms with van der Waals surface area (Å²) >= 11 is 6.21. The molecule has 1 aromatic rings. The van der Waals surface area contributed by atoms with E-state index in [1.54, 1.807) is 6.92 Å². The third-order valence-electron chi connectivity index (χ3n) is 3.09. The highest BCUT2D eigenvalue weighted by molar-refractivity contribution is 6.33. The number of anilines is 1. The van der Waals surface area contributed by atoms with Crippen molar-refractivity contribution in [2.75, 3.05) is 18.0 Å². The van der Waals surface area contributed by atoms with Crippen molar-refractivity contribution in [1.82, 2.24) is 0 Å². The lowest BCUT2D eigenvalue weighted by atomic mass is 10.1. The van der Waals surface area contributed by atoms with Crippen molar-refractivity contribution in [1.29, 1.82) is 0 Å². The smallest absolute Gasteiger partial charge is 0.308 e. The van der Waals surface area contributed by atoms with Crippen LogP contribution in [-0.2, 0) is 4.79 Å². The number of carboxylic acids is 1. The van der Waals surface area contributed by atoms with Gasteiger partial charge in [-0.05, 0) is 24.5 Å². The van der Waals surface area contributed by atoms with Gasteiger partial charge in [0.1, 0.15) is 0 Å². The number of halogens is 1. The molecule has 0 heterocycles. The minimum absolute atomic E-state index is 0.413. The Bertz CT molecular complexity index is 420. The third kappa shape index (κ3) is 5.11. The van der Waals surface area contributed by atoms with Gasteiger partial charge in [0.2, 0.25) is 0 Å². The molecular formula is C15H22ClNO2. The summed E-state index contributed by atoms with van der Waals surface area (Å²) in [7, 11) is 0. The molecule has 0 bridgehead atoms. The Morgan fingerprint density at radius 2 is 1.95 bits per heavy atom. The van der Waals surface area contributed by atoms with Gasteiger partial charge < -0.3 is 10.0 Å². The number of aliphatic carboxylic acids is 1. The molecule has 0 aliphatic heterocycles. The van der Waals surface area contributed by atoms with E-state index in [0.29, 0.717) is 17.5 Å². The van der Waals surface area contributed by atoms with Gasteiger partial charge in [-0.2, -0.15) is 0 Å². The van der Waals surface area contributed by atoms with Gasteiger partial charge in [0, 0.05) is 13.1 Å². The van der Waals surface area contributed by atoms with Gasteiger partial charge in [0.25, 0.3) is 0 Å². The molecule has 3 nitrogen and oxygen atoms in total. The lowest BCUT2D eigenvalue weighted by Gasteiger charge is -2.28. The first kappa shape index (κ1) is 15.8. The first-order chi connectivity index (χ1) is 8.91. The number of hydrogen-bond acceptors (Lipinski definition) is 2. The van der Waals surface area contributed by atoms with Crippen molar-refractivity contribution in [2.45, 2.75) is 27.2 Å². The van der Waals surface area contributed by atoms with Gasteiger partial charge in [0.05, 0.1) is 16.6 Å². The first-order valence-electron chi connectivity index (χ1n) is 6.64.